The summed E-state index contributed by atoms with van der Waals surface area (Å²) < 4.78 is 11.3. The number of thioether (sulfide) groups is 1. The molecular weight excluding hydrogens is 236 g/mol. The van der Waals surface area contributed by atoms with Crippen LogP contribution in [-0.2, 0) is 0 Å². The molecule has 0 saturated carbocycles. The third-order valence-corrected chi connectivity index (χ3v) is 4.76. The summed E-state index contributed by atoms with van der Waals surface area (Å²) in [5.74, 6) is 3.68. The van der Waals surface area contributed by atoms with Gasteiger partial charge in [-0.3, -0.25) is 0 Å². The molecule has 0 bridgehead atoms. The Hall–Kier alpha value is -0.870. The van der Waals surface area contributed by atoms with Crippen LogP contribution in [0.1, 0.15) is 24.5 Å². The van der Waals surface area contributed by atoms with Crippen LogP contribution in [0.4, 0.5) is 0 Å². The lowest BCUT2D eigenvalue weighted by Gasteiger charge is -2.37. The molecule has 1 fully saturated rings. The number of hydrogen-bond acceptors (Lipinski definition) is 4. The largest absolute Gasteiger partial charge is 0.497 e. The summed E-state index contributed by atoms with van der Waals surface area (Å²) in [6.07, 6.45) is 1.29. The van der Waals surface area contributed by atoms with Gasteiger partial charge in [0.1, 0.15) is 17.1 Å². The molecule has 0 aliphatic carbocycles. The van der Waals surface area contributed by atoms with E-state index in [-0.39, 0.29) is 5.60 Å². The number of methoxy groups -OCH3 is 1. The van der Waals surface area contributed by atoms with Gasteiger partial charge in [0.05, 0.1) is 13.2 Å². The molecular formula is C13H16O3S. The van der Waals surface area contributed by atoms with Crippen molar-refractivity contribution in [1.29, 1.82) is 0 Å². The van der Waals surface area contributed by atoms with Gasteiger partial charge in [-0.25, -0.2) is 0 Å². The number of benzene rings is 1. The number of hydrogen-bond donors (Lipinski definition) is 1. The lowest BCUT2D eigenvalue weighted by atomic mass is 9.88. The predicted molar refractivity (Wildman–Crippen MR) is 67.9 cm³/mol. The van der Waals surface area contributed by atoms with E-state index in [2.05, 4.69) is 0 Å². The molecule has 0 aromatic heterocycles. The fraction of sp³-hybridized carbons (Fsp3) is 0.538. The molecule has 2 unspecified atom stereocenters. The van der Waals surface area contributed by atoms with Crippen LogP contribution in [0, 0.1) is 0 Å². The van der Waals surface area contributed by atoms with Crippen LogP contribution in [0.2, 0.25) is 0 Å². The fourth-order valence-electron chi connectivity index (χ4n) is 2.57. The number of rotatable bonds is 1. The summed E-state index contributed by atoms with van der Waals surface area (Å²) in [6, 6.07) is 5.66. The highest BCUT2D eigenvalue weighted by Crippen LogP contribution is 2.46. The topological polar surface area (TPSA) is 38.7 Å². The minimum Gasteiger partial charge on any atom is -0.497 e. The minimum atomic E-state index is -0.437. The highest BCUT2D eigenvalue weighted by atomic mass is 32.2. The zero-order valence-electron chi connectivity index (χ0n) is 9.81. The number of aliphatic hydroxyl groups excluding tert-OH is 1. The van der Waals surface area contributed by atoms with E-state index in [9.17, 15) is 5.11 Å². The predicted octanol–water partition coefficient (Wildman–Crippen LogP) is 2.39. The van der Waals surface area contributed by atoms with Crippen LogP contribution in [0.5, 0.6) is 11.5 Å². The summed E-state index contributed by atoms with van der Waals surface area (Å²) in [4.78, 5) is 0. The molecule has 1 aromatic rings. The third-order valence-electron chi connectivity index (χ3n) is 3.53. The molecule has 1 saturated heterocycles. The summed E-state index contributed by atoms with van der Waals surface area (Å²) >= 11 is 1.90. The van der Waals surface area contributed by atoms with Gasteiger partial charge in [-0.2, -0.15) is 11.8 Å². The van der Waals surface area contributed by atoms with E-state index in [4.69, 9.17) is 9.47 Å². The van der Waals surface area contributed by atoms with Crippen LogP contribution >= 0.6 is 11.8 Å². The lowest BCUT2D eigenvalue weighted by Crippen LogP contribution is -2.41. The highest BCUT2D eigenvalue weighted by molar-refractivity contribution is 7.99. The van der Waals surface area contributed by atoms with E-state index >= 15 is 0 Å². The smallest absolute Gasteiger partial charge is 0.126 e. The van der Waals surface area contributed by atoms with Crippen molar-refractivity contribution < 1.29 is 14.6 Å². The van der Waals surface area contributed by atoms with E-state index in [1.165, 1.54) is 0 Å². The van der Waals surface area contributed by atoms with Crippen molar-refractivity contribution in [2.45, 2.75) is 24.5 Å². The third kappa shape index (κ3) is 1.89. The first-order valence-corrected chi connectivity index (χ1v) is 7.01. The van der Waals surface area contributed by atoms with E-state index in [0.29, 0.717) is 6.42 Å². The Morgan fingerprint density at radius 3 is 3.12 bits per heavy atom. The average molecular weight is 252 g/mol. The molecule has 0 radical (unpaired) electrons. The van der Waals surface area contributed by atoms with Crippen LogP contribution in [-0.4, -0.2) is 29.3 Å². The Morgan fingerprint density at radius 2 is 2.41 bits per heavy atom. The lowest BCUT2D eigenvalue weighted by molar-refractivity contribution is 0.00390. The molecule has 4 heteroatoms. The van der Waals surface area contributed by atoms with Gasteiger partial charge in [-0.05, 0) is 30.4 Å². The van der Waals surface area contributed by atoms with Gasteiger partial charge >= 0.3 is 0 Å². The van der Waals surface area contributed by atoms with Gasteiger partial charge < -0.3 is 14.6 Å². The maximum Gasteiger partial charge on any atom is 0.126 e. The van der Waals surface area contributed by atoms with Gasteiger partial charge in [-0.1, -0.05) is 0 Å². The van der Waals surface area contributed by atoms with Crippen molar-refractivity contribution in [2.24, 2.45) is 0 Å². The van der Waals surface area contributed by atoms with Crippen molar-refractivity contribution in [3.05, 3.63) is 23.8 Å². The Morgan fingerprint density at radius 1 is 1.53 bits per heavy atom. The molecule has 2 aliphatic rings. The zero-order valence-corrected chi connectivity index (χ0v) is 10.6. The summed E-state index contributed by atoms with van der Waals surface area (Å²) in [5, 5.41) is 10.3. The fourth-order valence-corrected chi connectivity index (χ4v) is 3.93. The molecule has 1 spiro atoms. The maximum atomic E-state index is 10.3. The molecule has 92 valence electrons. The van der Waals surface area contributed by atoms with Crippen LogP contribution < -0.4 is 9.47 Å². The molecule has 2 atom stereocenters. The van der Waals surface area contributed by atoms with Gasteiger partial charge in [-0.15, -0.1) is 0 Å². The molecule has 3 rings (SSSR count). The van der Waals surface area contributed by atoms with Crippen molar-refractivity contribution in [3.63, 3.8) is 0 Å². The van der Waals surface area contributed by atoms with E-state index in [1.807, 2.05) is 30.0 Å². The van der Waals surface area contributed by atoms with E-state index in [1.54, 1.807) is 7.11 Å². The van der Waals surface area contributed by atoms with Crippen LogP contribution in [0.3, 0.4) is 0 Å². The first-order valence-electron chi connectivity index (χ1n) is 5.85. The van der Waals surface area contributed by atoms with Crippen molar-refractivity contribution in [2.75, 3.05) is 18.6 Å². The SMILES string of the molecule is COc1ccc2c(c1)C(O)CC1(CCSC1)O2. The summed E-state index contributed by atoms with van der Waals surface area (Å²) in [6.45, 7) is 0. The maximum absolute atomic E-state index is 10.3. The Labute approximate surface area is 105 Å². The van der Waals surface area contributed by atoms with Gasteiger partial charge in [0.25, 0.3) is 0 Å². The van der Waals surface area contributed by atoms with Crippen molar-refractivity contribution in [3.8, 4) is 11.5 Å². The first kappa shape index (κ1) is 11.2. The number of ether oxygens (including phenoxy) is 2. The summed E-state index contributed by atoms with van der Waals surface area (Å²) in [7, 11) is 1.63. The second kappa shape index (κ2) is 4.10. The molecule has 3 nitrogen and oxygen atoms in total. The van der Waals surface area contributed by atoms with Crippen molar-refractivity contribution in [1.82, 2.24) is 0 Å². The van der Waals surface area contributed by atoms with Gasteiger partial charge in [0, 0.05) is 17.7 Å². The second-order valence-corrected chi connectivity index (χ2v) is 5.82. The Bertz CT molecular complexity index is 427. The normalized spacial score (nSPS) is 31.1. The zero-order chi connectivity index (χ0) is 11.9. The van der Waals surface area contributed by atoms with E-state index < -0.39 is 6.10 Å². The van der Waals surface area contributed by atoms with E-state index in [0.717, 1.165) is 35.0 Å². The van der Waals surface area contributed by atoms with Crippen molar-refractivity contribution >= 4 is 11.8 Å². The molecule has 1 N–H and O–H groups in total. The standard InChI is InChI=1S/C13H16O3S/c1-15-9-2-3-12-10(6-9)11(14)7-13(16-12)4-5-17-8-13/h2-3,6,11,14H,4-5,7-8H2,1H3. The second-order valence-electron chi connectivity index (χ2n) is 4.71. The van der Waals surface area contributed by atoms with Crippen LogP contribution in [0.25, 0.3) is 0 Å². The number of aliphatic hydroxyl groups is 1. The van der Waals surface area contributed by atoms with Crippen LogP contribution in [0.15, 0.2) is 18.2 Å². The molecule has 17 heavy (non-hydrogen) atoms. The highest BCUT2D eigenvalue weighted by Gasteiger charge is 2.43. The molecule has 0 amide bonds. The average Bonchev–Trinajstić information content (AvgIpc) is 2.77. The number of fused-ring (bicyclic) bond motifs is 1. The Balaban J connectivity index is 1.96. The van der Waals surface area contributed by atoms with Gasteiger partial charge in [0.15, 0.2) is 0 Å². The molecule has 1 aromatic carbocycles. The molecule has 2 aliphatic heterocycles. The minimum absolute atomic E-state index is 0.147. The van der Waals surface area contributed by atoms with Gasteiger partial charge in [0.2, 0.25) is 0 Å². The monoisotopic (exact) mass is 252 g/mol. The quantitative estimate of drug-likeness (QED) is 0.833. The first-order chi connectivity index (χ1) is 8.22. The molecule has 2 heterocycles. The summed E-state index contributed by atoms with van der Waals surface area (Å²) in [5.41, 5.74) is 0.706. The Kier molecular flexibility index (Phi) is 2.71.